The Kier molecular flexibility index (Phi) is 7.10. The van der Waals surface area contributed by atoms with Gasteiger partial charge in [-0.05, 0) is 19.3 Å². The average Bonchev–Trinajstić information content (AvgIpc) is 2.69. The SMILES string of the molecule is CCC1CCC(C(F)(F)Oc2cc(F)c(C(F)(F)Oc3cc(F)c(S(F)(F)(F)(F)F)c(F)c3)c(F)c2)CO1. The van der Waals surface area contributed by atoms with E-state index < -0.39 is 92.3 Å². The van der Waals surface area contributed by atoms with Crippen LogP contribution >= 0.6 is 10.2 Å². The lowest BCUT2D eigenvalue weighted by Crippen LogP contribution is -2.41. The molecule has 0 aliphatic carbocycles. The molecule has 216 valence electrons. The molecule has 1 fully saturated rings. The standard InChI is InChI=1S/C21H17F13O3S/c1-2-11-4-3-10(9-35-11)20(26,27)36-12-5-14(22)18(15(23)6-12)21(28,29)37-13-7-16(24)19(17(25)8-13)38(30,31,32,33)34/h5-8,10-11H,2-4,9H2,1H3. The van der Waals surface area contributed by atoms with E-state index in [4.69, 9.17) is 4.74 Å². The van der Waals surface area contributed by atoms with Crippen LogP contribution < -0.4 is 9.47 Å². The molecule has 0 bridgehead atoms. The third-order valence-electron chi connectivity index (χ3n) is 5.47. The molecule has 0 amide bonds. The zero-order chi connectivity index (χ0) is 29.0. The molecule has 0 spiro atoms. The fourth-order valence-electron chi connectivity index (χ4n) is 3.68. The summed E-state index contributed by atoms with van der Waals surface area (Å²) in [6.07, 6.45) is -8.85. The number of halogens is 13. The summed E-state index contributed by atoms with van der Waals surface area (Å²) in [5, 5.41) is 0. The van der Waals surface area contributed by atoms with Gasteiger partial charge in [-0.1, -0.05) is 26.4 Å². The molecular formula is C21H17F13O3S. The van der Waals surface area contributed by atoms with Gasteiger partial charge in [0.25, 0.3) is 0 Å². The Balaban J connectivity index is 1.86. The lowest BCUT2D eigenvalue weighted by Gasteiger charge is -2.40. The van der Waals surface area contributed by atoms with Crippen molar-refractivity contribution in [2.24, 2.45) is 5.92 Å². The van der Waals surface area contributed by atoms with Crippen LogP contribution in [0.5, 0.6) is 11.5 Å². The normalized spacial score (nSPS) is 21.0. The maximum atomic E-state index is 14.4. The first-order valence-corrected chi connectivity index (χ1v) is 12.5. The molecule has 3 nitrogen and oxygen atoms in total. The lowest BCUT2D eigenvalue weighted by molar-refractivity contribution is -0.241. The fraction of sp³-hybridized carbons (Fsp3) is 0.429. The average molecular weight is 596 g/mol. The Labute approximate surface area is 206 Å². The molecule has 1 aliphatic heterocycles. The molecular weight excluding hydrogens is 579 g/mol. The first-order chi connectivity index (χ1) is 17.0. The molecule has 1 aliphatic rings. The first kappa shape index (κ1) is 30.0. The van der Waals surface area contributed by atoms with E-state index in [0.717, 1.165) is 0 Å². The van der Waals surface area contributed by atoms with Gasteiger partial charge in [0.05, 0.1) is 18.6 Å². The minimum Gasteiger partial charge on any atom is -0.432 e. The molecule has 1 heterocycles. The van der Waals surface area contributed by atoms with Crippen molar-refractivity contribution in [3.8, 4) is 11.5 Å². The van der Waals surface area contributed by atoms with Crippen molar-refractivity contribution in [1.82, 2.24) is 0 Å². The summed E-state index contributed by atoms with van der Waals surface area (Å²) >= 11 is 0. The van der Waals surface area contributed by atoms with E-state index >= 15 is 0 Å². The minimum atomic E-state index is -10.9. The highest BCUT2D eigenvalue weighted by atomic mass is 32.5. The predicted molar refractivity (Wildman–Crippen MR) is 107 cm³/mol. The second kappa shape index (κ2) is 8.99. The Bertz CT molecular complexity index is 1160. The van der Waals surface area contributed by atoms with E-state index in [-0.39, 0.29) is 31.1 Å². The van der Waals surface area contributed by atoms with Crippen LogP contribution in [0.4, 0.5) is 54.6 Å². The van der Waals surface area contributed by atoms with E-state index in [1.807, 2.05) is 0 Å². The summed E-state index contributed by atoms with van der Waals surface area (Å²) in [5.74, 6) is -15.2. The van der Waals surface area contributed by atoms with E-state index in [2.05, 4.69) is 9.47 Å². The van der Waals surface area contributed by atoms with Crippen molar-refractivity contribution in [2.75, 3.05) is 6.61 Å². The van der Waals surface area contributed by atoms with Crippen molar-refractivity contribution in [2.45, 2.75) is 49.4 Å². The van der Waals surface area contributed by atoms with Crippen LogP contribution in [0.1, 0.15) is 31.7 Å². The van der Waals surface area contributed by atoms with Gasteiger partial charge in [0, 0.05) is 24.3 Å². The van der Waals surface area contributed by atoms with Gasteiger partial charge in [-0.2, -0.15) is 17.6 Å². The number of alkyl halides is 4. The third-order valence-corrected chi connectivity index (χ3v) is 6.63. The second-order valence-electron chi connectivity index (χ2n) is 8.37. The third kappa shape index (κ3) is 6.52. The quantitative estimate of drug-likeness (QED) is 0.285. The van der Waals surface area contributed by atoms with Crippen molar-refractivity contribution >= 4 is 10.2 Å². The van der Waals surface area contributed by atoms with Gasteiger partial charge in [-0.25, -0.2) is 17.6 Å². The molecule has 38 heavy (non-hydrogen) atoms. The summed E-state index contributed by atoms with van der Waals surface area (Å²) in [4.78, 5) is -3.64. The zero-order valence-corrected chi connectivity index (χ0v) is 19.7. The molecule has 0 radical (unpaired) electrons. The maximum Gasteiger partial charge on any atom is 0.432 e. The van der Waals surface area contributed by atoms with Crippen LogP contribution in [0.15, 0.2) is 29.2 Å². The van der Waals surface area contributed by atoms with Crippen LogP contribution in [-0.4, -0.2) is 18.8 Å². The van der Waals surface area contributed by atoms with Crippen molar-refractivity contribution in [3.05, 3.63) is 53.1 Å². The molecule has 0 saturated carbocycles. The molecule has 2 unspecified atom stereocenters. The summed E-state index contributed by atoms with van der Waals surface area (Å²) in [6.45, 7) is 1.30. The molecule has 3 rings (SSSR count). The van der Waals surface area contributed by atoms with Gasteiger partial charge in [0.1, 0.15) is 28.7 Å². The molecule has 1 saturated heterocycles. The van der Waals surface area contributed by atoms with E-state index in [0.29, 0.717) is 6.42 Å². The van der Waals surface area contributed by atoms with Gasteiger partial charge in [-0.15, -0.1) is 0 Å². The topological polar surface area (TPSA) is 27.7 Å². The van der Waals surface area contributed by atoms with Crippen LogP contribution in [0, 0.1) is 29.2 Å². The minimum absolute atomic E-state index is 0.0828. The smallest absolute Gasteiger partial charge is 0.432 e. The lowest BCUT2D eigenvalue weighted by atomic mass is 9.96. The number of hydrogen-bond acceptors (Lipinski definition) is 3. The monoisotopic (exact) mass is 596 g/mol. The van der Waals surface area contributed by atoms with Gasteiger partial charge < -0.3 is 14.2 Å². The summed E-state index contributed by atoms with van der Waals surface area (Å²) < 4.78 is 191. The molecule has 2 aromatic rings. The van der Waals surface area contributed by atoms with Crippen molar-refractivity contribution in [1.29, 1.82) is 0 Å². The highest BCUT2D eigenvalue weighted by Gasteiger charge is 2.69. The number of ether oxygens (including phenoxy) is 3. The summed E-state index contributed by atoms with van der Waals surface area (Å²) in [7, 11) is -10.9. The molecule has 17 heteroatoms. The van der Waals surface area contributed by atoms with E-state index in [1.165, 1.54) is 0 Å². The number of rotatable bonds is 8. The molecule has 0 aromatic heterocycles. The first-order valence-electron chi connectivity index (χ1n) is 10.5. The van der Waals surface area contributed by atoms with Crippen molar-refractivity contribution in [3.63, 3.8) is 0 Å². The second-order valence-corrected chi connectivity index (χ2v) is 10.7. The summed E-state index contributed by atoms with van der Waals surface area (Å²) in [5.41, 5.74) is -2.31. The summed E-state index contributed by atoms with van der Waals surface area (Å²) in [6, 6.07) is -1.57. The highest BCUT2D eigenvalue weighted by molar-refractivity contribution is 8.45. The number of hydrogen-bond donors (Lipinski definition) is 0. The largest absolute Gasteiger partial charge is 0.432 e. The van der Waals surface area contributed by atoms with Crippen LogP contribution in [-0.2, 0) is 10.8 Å². The molecule has 2 aromatic carbocycles. The van der Waals surface area contributed by atoms with Gasteiger partial charge in [0.2, 0.25) is 0 Å². The Morgan fingerprint density at radius 1 is 0.789 bits per heavy atom. The highest BCUT2D eigenvalue weighted by Crippen LogP contribution is 3.02. The Hall–Kier alpha value is -2.56. The molecule has 0 N–H and O–H groups in total. The van der Waals surface area contributed by atoms with Gasteiger partial charge >= 0.3 is 22.4 Å². The van der Waals surface area contributed by atoms with E-state index in [1.54, 1.807) is 6.92 Å². The Morgan fingerprint density at radius 2 is 1.26 bits per heavy atom. The van der Waals surface area contributed by atoms with Gasteiger partial charge in [0.15, 0.2) is 16.5 Å². The van der Waals surface area contributed by atoms with Crippen LogP contribution in [0.3, 0.4) is 0 Å². The van der Waals surface area contributed by atoms with Crippen LogP contribution in [0.2, 0.25) is 0 Å². The Morgan fingerprint density at radius 3 is 1.68 bits per heavy atom. The van der Waals surface area contributed by atoms with Crippen molar-refractivity contribution < 1.29 is 68.8 Å². The molecule has 2 atom stereocenters. The predicted octanol–water partition coefficient (Wildman–Crippen LogP) is 9.21. The zero-order valence-electron chi connectivity index (χ0n) is 18.8. The van der Waals surface area contributed by atoms with Gasteiger partial charge in [-0.3, -0.25) is 0 Å². The van der Waals surface area contributed by atoms with Crippen LogP contribution in [0.25, 0.3) is 0 Å². The van der Waals surface area contributed by atoms with E-state index in [9.17, 15) is 54.6 Å². The number of benzene rings is 2. The maximum absolute atomic E-state index is 14.4. The fourth-order valence-corrected chi connectivity index (χ4v) is 4.54.